The van der Waals surface area contributed by atoms with Gasteiger partial charge in [-0.15, -0.1) is 0 Å². The third-order valence-electron chi connectivity index (χ3n) is 4.57. The van der Waals surface area contributed by atoms with E-state index in [1.807, 2.05) is 81.6 Å². The molecule has 1 unspecified atom stereocenters. The predicted octanol–water partition coefficient (Wildman–Crippen LogP) is 3.92. The summed E-state index contributed by atoms with van der Waals surface area (Å²) in [6.07, 6.45) is 3.57. The lowest BCUT2D eigenvalue weighted by molar-refractivity contribution is -0.148. The Morgan fingerprint density at radius 3 is 2.43 bits per heavy atom. The van der Waals surface area contributed by atoms with Crippen molar-refractivity contribution in [3.63, 3.8) is 0 Å². The first-order chi connectivity index (χ1) is 14.4. The number of hydrogen-bond donors (Lipinski definition) is 1. The number of carbonyl (C=O) groups excluding carboxylic acids is 2. The summed E-state index contributed by atoms with van der Waals surface area (Å²) in [7, 11) is 0. The molecular formula is C24H27N3O3. The van der Waals surface area contributed by atoms with Crippen LogP contribution in [0.3, 0.4) is 0 Å². The van der Waals surface area contributed by atoms with Gasteiger partial charge in [-0.25, -0.2) is 4.68 Å². The van der Waals surface area contributed by atoms with Crippen LogP contribution in [0, 0.1) is 6.92 Å². The maximum atomic E-state index is 12.7. The Hall–Kier alpha value is -3.41. The summed E-state index contributed by atoms with van der Waals surface area (Å²) in [5, 5.41) is 7.31. The molecule has 0 aliphatic rings. The van der Waals surface area contributed by atoms with Crippen molar-refractivity contribution in [1.82, 2.24) is 15.1 Å². The van der Waals surface area contributed by atoms with Crippen LogP contribution in [0.25, 0.3) is 5.69 Å². The van der Waals surface area contributed by atoms with E-state index in [1.54, 1.807) is 10.9 Å². The van der Waals surface area contributed by atoms with E-state index >= 15 is 0 Å². The Bertz CT molecular complexity index is 978. The average Bonchev–Trinajstić information content (AvgIpc) is 3.16. The Balaban J connectivity index is 1.69. The number of nitrogens with one attached hydrogen (secondary N) is 1. The summed E-state index contributed by atoms with van der Waals surface area (Å²) in [5.74, 6) is -0.515. The fraction of sp³-hybridized carbons (Fsp3) is 0.292. The lowest BCUT2D eigenvalue weighted by atomic mass is 10.0. The molecule has 0 spiro atoms. The van der Waals surface area contributed by atoms with E-state index in [1.165, 1.54) is 0 Å². The molecule has 0 radical (unpaired) electrons. The molecule has 1 N–H and O–H groups in total. The predicted molar refractivity (Wildman–Crippen MR) is 115 cm³/mol. The summed E-state index contributed by atoms with van der Waals surface area (Å²) in [4.78, 5) is 24.9. The number of hydrogen-bond acceptors (Lipinski definition) is 4. The highest BCUT2D eigenvalue weighted by molar-refractivity contribution is 5.80. The molecule has 0 saturated heterocycles. The molecule has 1 atom stereocenters. The Labute approximate surface area is 176 Å². The van der Waals surface area contributed by atoms with Gasteiger partial charge in [0.25, 0.3) is 0 Å². The first-order valence-electron chi connectivity index (χ1n) is 10.0. The highest BCUT2D eigenvalue weighted by atomic mass is 16.5. The first kappa shape index (κ1) is 21.3. The Morgan fingerprint density at radius 1 is 1.07 bits per heavy atom. The van der Waals surface area contributed by atoms with Crippen molar-refractivity contribution in [3.05, 3.63) is 83.7 Å². The monoisotopic (exact) mass is 405 g/mol. The van der Waals surface area contributed by atoms with Gasteiger partial charge in [0.1, 0.15) is 0 Å². The van der Waals surface area contributed by atoms with E-state index in [0.717, 1.165) is 22.4 Å². The molecule has 6 heteroatoms. The number of nitrogens with zero attached hydrogens (tertiary/aromatic N) is 2. The van der Waals surface area contributed by atoms with Crippen molar-refractivity contribution < 1.29 is 14.3 Å². The van der Waals surface area contributed by atoms with Gasteiger partial charge >= 0.3 is 5.97 Å². The number of esters is 1. The van der Waals surface area contributed by atoms with E-state index in [0.29, 0.717) is 0 Å². The fourth-order valence-electron chi connectivity index (χ4n) is 3.13. The number of benzene rings is 2. The highest BCUT2D eigenvalue weighted by Gasteiger charge is 2.20. The zero-order chi connectivity index (χ0) is 21.5. The lowest BCUT2D eigenvalue weighted by Gasteiger charge is -2.19. The van der Waals surface area contributed by atoms with Crippen LogP contribution in [0.4, 0.5) is 0 Å². The molecule has 1 heterocycles. The van der Waals surface area contributed by atoms with Crippen LogP contribution in [0.5, 0.6) is 0 Å². The molecule has 2 aromatic carbocycles. The molecule has 30 heavy (non-hydrogen) atoms. The standard InChI is InChI=1S/C24H27N3O3/c1-17(2)30-24(29)14-22(20-11-9-18(3)10-12-20)26-23(28)13-19-15-25-27(16-19)21-7-5-4-6-8-21/h4-12,15-17,22H,13-14H2,1-3H3,(H,26,28). The normalized spacial score (nSPS) is 11.9. The molecule has 156 valence electrons. The number of para-hydroxylation sites is 1. The van der Waals surface area contributed by atoms with E-state index in [4.69, 9.17) is 4.74 Å². The van der Waals surface area contributed by atoms with Crippen molar-refractivity contribution in [2.24, 2.45) is 0 Å². The van der Waals surface area contributed by atoms with E-state index in [2.05, 4.69) is 10.4 Å². The topological polar surface area (TPSA) is 73.2 Å². The summed E-state index contributed by atoms with van der Waals surface area (Å²) >= 11 is 0. The molecule has 0 saturated carbocycles. The number of aromatic nitrogens is 2. The maximum Gasteiger partial charge on any atom is 0.308 e. The third kappa shape index (κ3) is 6.04. The number of ether oxygens (including phenoxy) is 1. The quantitative estimate of drug-likeness (QED) is 0.577. The largest absolute Gasteiger partial charge is 0.463 e. The van der Waals surface area contributed by atoms with Crippen molar-refractivity contribution >= 4 is 11.9 Å². The molecule has 6 nitrogen and oxygen atoms in total. The number of rotatable bonds is 8. The second-order valence-electron chi connectivity index (χ2n) is 7.58. The summed E-state index contributed by atoms with van der Waals surface area (Å²) in [6, 6.07) is 17.0. The minimum Gasteiger partial charge on any atom is -0.463 e. The SMILES string of the molecule is Cc1ccc(C(CC(=O)OC(C)C)NC(=O)Cc2cnn(-c3ccccc3)c2)cc1. The molecule has 0 aliphatic carbocycles. The molecule has 0 aliphatic heterocycles. The number of amides is 1. The van der Waals surface area contributed by atoms with Crippen LogP contribution in [0.2, 0.25) is 0 Å². The molecule has 1 amide bonds. The Kier molecular flexibility index (Phi) is 7.01. The van der Waals surface area contributed by atoms with Crippen LogP contribution in [-0.4, -0.2) is 27.8 Å². The second-order valence-corrected chi connectivity index (χ2v) is 7.58. The van der Waals surface area contributed by atoms with Crippen LogP contribution in [0.15, 0.2) is 67.0 Å². The fourth-order valence-corrected chi connectivity index (χ4v) is 3.13. The van der Waals surface area contributed by atoms with Gasteiger partial charge in [-0.3, -0.25) is 9.59 Å². The first-order valence-corrected chi connectivity index (χ1v) is 10.0. The smallest absolute Gasteiger partial charge is 0.308 e. The zero-order valence-electron chi connectivity index (χ0n) is 17.5. The van der Waals surface area contributed by atoms with E-state index in [9.17, 15) is 9.59 Å². The van der Waals surface area contributed by atoms with E-state index in [-0.39, 0.29) is 30.8 Å². The summed E-state index contributed by atoms with van der Waals surface area (Å²) < 4.78 is 7.01. The maximum absolute atomic E-state index is 12.7. The van der Waals surface area contributed by atoms with Crippen molar-refractivity contribution in [3.8, 4) is 5.69 Å². The van der Waals surface area contributed by atoms with Crippen LogP contribution in [-0.2, 0) is 20.7 Å². The van der Waals surface area contributed by atoms with Gasteiger partial charge in [0.15, 0.2) is 0 Å². The van der Waals surface area contributed by atoms with Gasteiger partial charge in [-0.05, 0) is 44.0 Å². The van der Waals surface area contributed by atoms with Crippen LogP contribution in [0.1, 0.15) is 43.0 Å². The van der Waals surface area contributed by atoms with Gasteiger partial charge in [0.05, 0.1) is 36.9 Å². The van der Waals surface area contributed by atoms with Gasteiger partial charge in [0.2, 0.25) is 5.91 Å². The summed E-state index contributed by atoms with van der Waals surface area (Å²) in [5.41, 5.74) is 3.71. The molecule has 1 aromatic heterocycles. The number of aryl methyl sites for hydroxylation is 1. The molecule has 0 fully saturated rings. The second kappa shape index (κ2) is 9.87. The van der Waals surface area contributed by atoms with Gasteiger partial charge in [0, 0.05) is 6.20 Å². The minimum absolute atomic E-state index is 0.0796. The van der Waals surface area contributed by atoms with Crippen molar-refractivity contribution in [2.75, 3.05) is 0 Å². The van der Waals surface area contributed by atoms with Gasteiger partial charge in [-0.1, -0.05) is 48.0 Å². The average molecular weight is 405 g/mol. The summed E-state index contributed by atoms with van der Waals surface area (Å²) in [6.45, 7) is 5.61. The Morgan fingerprint density at radius 2 is 1.77 bits per heavy atom. The molecule has 3 aromatic rings. The lowest BCUT2D eigenvalue weighted by Crippen LogP contribution is -2.32. The van der Waals surface area contributed by atoms with Crippen LogP contribution >= 0.6 is 0 Å². The van der Waals surface area contributed by atoms with E-state index < -0.39 is 6.04 Å². The third-order valence-corrected chi connectivity index (χ3v) is 4.57. The zero-order valence-corrected chi connectivity index (χ0v) is 17.5. The minimum atomic E-state index is -0.450. The van der Waals surface area contributed by atoms with Gasteiger partial charge in [-0.2, -0.15) is 5.10 Å². The van der Waals surface area contributed by atoms with Crippen LogP contribution < -0.4 is 5.32 Å². The van der Waals surface area contributed by atoms with Crippen molar-refractivity contribution in [2.45, 2.75) is 45.8 Å². The van der Waals surface area contributed by atoms with Crippen molar-refractivity contribution in [1.29, 1.82) is 0 Å². The highest BCUT2D eigenvalue weighted by Crippen LogP contribution is 2.19. The molecule has 0 bridgehead atoms. The molecule has 3 rings (SSSR count). The number of carbonyl (C=O) groups is 2. The molecular weight excluding hydrogens is 378 g/mol. The van der Waals surface area contributed by atoms with Gasteiger partial charge < -0.3 is 10.1 Å².